The molecule has 1 aromatic rings. The molecule has 0 amide bonds. The Kier molecular flexibility index (Phi) is 5.43. The molecule has 3 atom stereocenters. The number of rotatable bonds is 4. The summed E-state index contributed by atoms with van der Waals surface area (Å²) in [5.41, 5.74) is 0.290. The maximum absolute atomic E-state index is 13.0. The first-order valence-corrected chi connectivity index (χ1v) is 9.33. The van der Waals surface area contributed by atoms with E-state index in [2.05, 4.69) is 42.0 Å². The molecule has 20 heavy (non-hydrogen) atoms. The molecule has 0 heterocycles. The number of hydrogen-bond donors (Lipinski definition) is 1. The van der Waals surface area contributed by atoms with Gasteiger partial charge in [-0.2, -0.15) is 0 Å². The normalized spacial score (nSPS) is 27.2. The highest BCUT2D eigenvalue weighted by atomic mass is 79.9. The zero-order valence-electron chi connectivity index (χ0n) is 12.5. The van der Waals surface area contributed by atoms with E-state index in [9.17, 15) is 4.21 Å². The van der Waals surface area contributed by atoms with Crippen molar-refractivity contribution in [3.63, 3.8) is 0 Å². The van der Waals surface area contributed by atoms with Gasteiger partial charge in [-0.15, -0.1) is 0 Å². The van der Waals surface area contributed by atoms with E-state index in [-0.39, 0.29) is 10.7 Å². The molecule has 0 aromatic heterocycles. The SMILES string of the molecule is CCNC1CCC(C)(C)CC1S(=O)c1cccc(Br)c1. The van der Waals surface area contributed by atoms with Gasteiger partial charge in [0.2, 0.25) is 0 Å². The number of hydrogen-bond acceptors (Lipinski definition) is 2. The molecule has 1 fully saturated rings. The Morgan fingerprint density at radius 2 is 2.20 bits per heavy atom. The predicted molar refractivity (Wildman–Crippen MR) is 89.4 cm³/mol. The maximum atomic E-state index is 13.0. The highest BCUT2D eigenvalue weighted by Gasteiger charge is 2.38. The van der Waals surface area contributed by atoms with Gasteiger partial charge in [0.1, 0.15) is 0 Å². The fourth-order valence-corrected chi connectivity index (χ4v) is 5.50. The lowest BCUT2D eigenvalue weighted by atomic mass is 9.75. The summed E-state index contributed by atoms with van der Waals surface area (Å²) in [6.07, 6.45) is 3.34. The van der Waals surface area contributed by atoms with Crippen molar-refractivity contribution >= 4 is 26.7 Å². The van der Waals surface area contributed by atoms with Gasteiger partial charge in [-0.1, -0.05) is 42.8 Å². The van der Waals surface area contributed by atoms with E-state index in [0.717, 1.165) is 28.8 Å². The van der Waals surface area contributed by atoms with Crippen molar-refractivity contribution in [2.45, 2.75) is 56.2 Å². The quantitative estimate of drug-likeness (QED) is 0.878. The number of benzene rings is 1. The molecule has 1 aliphatic carbocycles. The summed E-state index contributed by atoms with van der Waals surface area (Å²) in [7, 11) is -0.951. The molecule has 0 radical (unpaired) electrons. The first kappa shape index (κ1) is 16.2. The van der Waals surface area contributed by atoms with E-state index in [0.29, 0.717) is 6.04 Å². The third-order valence-corrected chi connectivity index (χ3v) is 6.36. The zero-order chi connectivity index (χ0) is 14.8. The second-order valence-corrected chi connectivity index (χ2v) is 8.95. The van der Waals surface area contributed by atoms with E-state index in [1.54, 1.807) is 0 Å². The summed E-state index contributed by atoms with van der Waals surface area (Å²) in [6.45, 7) is 7.65. The van der Waals surface area contributed by atoms with Gasteiger partial charge in [-0.25, -0.2) is 0 Å². The number of halogens is 1. The minimum absolute atomic E-state index is 0.202. The Hall–Kier alpha value is -0.190. The van der Waals surface area contributed by atoms with Crippen molar-refractivity contribution in [2.75, 3.05) is 6.54 Å². The molecule has 3 unspecified atom stereocenters. The molecule has 2 nitrogen and oxygen atoms in total. The zero-order valence-corrected chi connectivity index (χ0v) is 14.9. The van der Waals surface area contributed by atoms with Crippen molar-refractivity contribution in [1.82, 2.24) is 5.32 Å². The van der Waals surface area contributed by atoms with Crippen LogP contribution in [0, 0.1) is 5.41 Å². The van der Waals surface area contributed by atoms with E-state index >= 15 is 0 Å². The highest BCUT2D eigenvalue weighted by molar-refractivity contribution is 9.10. The maximum Gasteiger partial charge on any atom is 0.0577 e. The molecule has 1 N–H and O–H groups in total. The Labute approximate surface area is 133 Å². The molecule has 0 bridgehead atoms. The molecule has 1 saturated carbocycles. The van der Waals surface area contributed by atoms with Crippen LogP contribution in [0.4, 0.5) is 0 Å². The van der Waals surface area contributed by atoms with Crippen LogP contribution in [0.3, 0.4) is 0 Å². The molecule has 1 aromatic carbocycles. The van der Waals surface area contributed by atoms with E-state index in [1.807, 2.05) is 24.3 Å². The van der Waals surface area contributed by atoms with Gasteiger partial charge in [0.05, 0.1) is 16.0 Å². The fourth-order valence-electron chi connectivity index (χ4n) is 3.01. The van der Waals surface area contributed by atoms with Crippen LogP contribution in [0.5, 0.6) is 0 Å². The van der Waals surface area contributed by atoms with Crippen LogP contribution in [-0.2, 0) is 10.8 Å². The summed E-state index contributed by atoms with van der Waals surface area (Å²) in [5, 5.41) is 3.73. The summed E-state index contributed by atoms with van der Waals surface area (Å²) in [5.74, 6) is 0. The van der Waals surface area contributed by atoms with Crippen LogP contribution < -0.4 is 5.32 Å². The predicted octanol–water partition coefficient (Wildman–Crippen LogP) is 4.11. The second kappa shape index (κ2) is 6.71. The van der Waals surface area contributed by atoms with Crippen molar-refractivity contribution < 1.29 is 4.21 Å². The summed E-state index contributed by atoms with van der Waals surface area (Å²) in [4.78, 5) is 0.935. The van der Waals surface area contributed by atoms with Gasteiger partial charge in [0.25, 0.3) is 0 Å². The lowest BCUT2D eigenvalue weighted by molar-refractivity contribution is 0.213. The van der Waals surface area contributed by atoms with Gasteiger partial charge < -0.3 is 5.32 Å². The van der Waals surface area contributed by atoms with Crippen LogP contribution >= 0.6 is 15.9 Å². The Balaban J connectivity index is 2.23. The van der Waals surface area contributed by atoms with E-state index < -0.39 is 10.8 Å². The van der Waals surface area contributed by atoms with Crippen molar-refractivity contribution in [2.24, 2.45) is 5.41 Å². The molecule has 112 valence electrons. The summed E-state index contributed by atoms with van der Waals surface area (Å²) < 4.78 is 14.0. The molecule has 1 aliphatic rings. The Morgan fingerprint density at radius 1 is 1.45 bits per heavy atom. The van der Waals surface area contributed by atoms with E-state index in [1.165, 1.54) is 6.42 Å². The van der Waals surface area contributed by atoms with Crippen molar-refractivity contribution in [3.8, 4) is 0 Å². The number of nitrogens with one attached hydrogen (secondary N) is 1. The first-order chi connectivity index (χ1) is 9.43. The van der Waals surface area contributed by atoms with Crippen molar-refractivity contribution in [1.29, 1.82) is 0 Å². The van der Waals surface area contributed by atoms with Crippen LogP contribution in [0.15, 0.2) is 33.6 Å². The molecule has 4 heteroatoms. The molecule has 0 spiro atoms. The third-order valence-electron chi connectivity index (χ3n) is 4.10. The lowest BCUT2D eigenvalue weighted by Crippen LogP contribution is -2.48. The summed E-state index contributed by atoms with van der Waals surface area (Å²) in [6, 6.07) is 8.28. The molecule has 0 aliphatic heterocycles. The van der Waals surface area contributed by atoms with Crippen molar-refractivity contribution in [3.05, 3.63) is 28.7 Å². The fraction of sp³-hybridized carbons (Fsp3) is 0.625. The van der Waals surface area contributed by atoms with Gasteiger partial charge in [0, 0.05) is 15.4 Å². The van der Waals surface area contributed by atoms with Gasteiger partial charge in [-0.3, -0.25) is 4.21 Å². The largest absolute Gasteiger partial charge is 0.313 e. The average Bonchev–Trinajstić information content (AvgIpc) is 2.40. The molecular formula is C16H24BrNOS. The highest BCUT2D eigenvalue weighted by Crippen LogP contribution is 2.38. The van der Waals surface area contributed by atoms with Gasteiger partial charge in [-0.05, 0) is 49.4 Å². The average molecular weight is 358 g/mol. The lowest BCUT2D eigenvalue weighted by Gasteiger charge is -2.40. The second-order valence-electron chi connectivity index (χ2n) is 6.36. The van der Waals surface area contributed by atoms with Crippen LogP contribution in [0.25, 0.3) is 0 Å². The molecule has 0 saturated heterocycles. The molecular weight excluding hydrogens is 334 g/mol. The standard InChI is InChI=1S/C16H24BrNOS/c1-4-18-14-8-9-16(2,3)11-15(14)20(19)13-7-5-6-12(17)10-13/h5-7,10,14-15,18H,4,8-9,11H2,1-3H3. The molecule has 2 rings (SSSR count). The monoisotopic (exact) mass is 357 g/mol. The Bertz CT molecular complexity index is 489. The summed E-state index contributed by atoms with van der Waals surface area (Å²) >= 11 is 3.47. The minimum Gasteiger partial charge on any atom is -0.313 e. The van der Waals surface area contributed by atoms with E-state index in [4.69, 9.17) is 0 Å². The first-order valence-electron chi connectivity index (χ1n) is 7.32. The van der Waals surface area contributed by atoms with Crippen LogP contribution in [0.1, 0.15) is 40.0 Å². The van der Waals surface area contributed by atoms with Gasteiger partial charge in [0.15, 0.2) is 0 Å². The topological polar surface area (TPSA) is 29.1 Å². The third kappa shape index (κ3) is 3.92. The minimum atomic E-state index is -0.951. The van der Waals surface area contributed by atoms with Gasteiger partial charge >= 0.3 is 0 Å². The smallest absolute Gasteiger partial charge is 0.0577 e. The Morgan fingerprint density at radius 3 is 2.85 bits per heavy atom. The van der Waals surface area contributed by atoms with Crippen LogP contribution in [-0.4, -0.2) is 22.0 Å². The van der Waals surface area contributed by atoms with Crippen LogP contribution in [0.2, 0.25) is 0 Å².